The molecule has 5 heteroatoms. The zero-order chi connectivity index (χ0) is 14.6. The van der Waals surface area contributed by atoms with E-state index in [1.807, 2.05) is 0 Å². The molecule has 3 heterocycles. The van der Waals surface area contributed by atoms with Crippen LogP contribution in [0.25, 0.3) is 0 Å². The molecule has 0 unspecified atom stereocenters. The van der Waals surface area contributed by atoms with Gasteiger partial charge in [0.15, 0.2) is 0 Å². The van der Waals surface area contributed by atoms with Gasteiger partial charge in [0.2, 0.25) is 5.91 Å². The highest BCUT2D eigenvalue weighted by atomic mass is 16.3. The Morgan fingerprint density at radius 2 is 1.90 bits per heavy atom. The Labute approximate surface area is 122 Å². The van der Waals surface area contributed by atoms with Crippen molar-refractivity contribution < 1.29 is 9.90 Å². The molecule has 0 aliphatic carbocycles. The quantitative estimate of drug-likeness (QED) is 0.719. The van der Waals surface area contributed by atoms with Crippen molar-refractivity contribution in [2.45, 2.75) is 25.7 Å². The molecule has 0 aromatic rings. The van der Waals surface area contributed by atoms with Gasteiger partial charge in [-0.05, 0) is 65.3 Å². The minimum absolute atomic E-state index is 0.0203. The van der Waals surface area contributed by atoms with Gasteiger partial charge in [-0.2, -0.15) is 0 Å². The van der Waals surface area contributed by atoms with Gasteiger partial charge in [0, 0.05) is 19.7 Å². The molecule has 116 valence electrons. The molecule has 3 rings (SSSR count). The molecule has 5 nitrogen and oxygen atoms in total. The smallest absolute Gasteiger partial charge is 0.226 e. The van der Waals surface area contributed by atoms with E-state index in [1.54, 1.807) is 0 Å². The van der Waals surface area contributed by atoms with Crippen LogP contribution in [-0.4, -0.2) is 74.2 Å². The third kappa shape index (κ3) is 3.71. The molecule has 3 saturated heterocycles. The molecule has 2 N–H and O–H groups in total. The zero-order valence-corrected chi connectivity index (χ0v) is 12.9. The average molecular weight is 283 g/mol. The van der Waals surface area contributed by atoms with E-state index < -0.39 is 0 Å². The number of aliphatic hydroxyl groups is 1. The Morgan fingerprint density at radius 3 is 2.30 bits per heavy atom. The predicted molar refractivity (Wildman–Crippen MR) is 79.5 cm³/mol. The van der Waals surface area contributed by atoms with Gasteiger partial charge < -0.3 is 20.2 Å². The second-order valence-electron chi connectivity index (χ2n) is 6.69. The topological polar surface area (TPSA) is 55.8 Å². The van der Waals surface area contributed by atoms with Crippen LogP contribution in [0, 0.1) is 11.3 Å². The van der Waals surface area contributed by atoms with Crippen LogP contribution in [-0.2, 0) is 4.79 Å². The number of aliphatic hydroxyl groups excluding tert-OH is 1. The highest BCUT2D eigenvalue weighted by Gasteiger charge is 2.43. The molecule has 0 saturated carbocycles. The van der Waals surface area contributed by atoms with Crippen molar-refractivity contribution in [2.75, 3.05) is 53.4 Å². The number of nitrogens with one attached hydrogen (secondary N) is 1. The molecular formula is C15H29N3O2. The van der Waals surface area contributed by atoms with Crippen molar-refractivity contribution in [1.82, 2.24) is 15.1 Å². The van der Waals surface area contributed by atoms with Crippen LogP contribution in [0.1, 0.15) is 25.7 Å². The highest BCUT2D eigenvalue weighted by molar-refractivity contribution is 5.84. The number of nitrogens with zero attached hydrogens (tertiary/aromatic N) is 2. The Hall–Kier alpha value is -0.650. The van der Waals surface area contributed by atoms with Crippen molar-refractivity contribution in [3.05, 3.63) is 0 Å². The molecular weight excluding hydrogens is 254 g/mol. The van der Waals surface area contributed by atoms with Crippen LogP contribution < -0.4 is 5.32 Å². The summed E-state index contributed by atoms with van der Waals surface area (Å²) >= 11 is 0. The molecule has 3 fully saturated rings. The third-order valence-corrected chi connectivity index (χ3v) is 5.06. The molecule has 0 radical (unpaired) electrons. The Bertz CT molecular complexity index is 327. The van der Waals surface area contributed by atoms with Crippen LogP contribution in [0.4, 0.5) is 0 Å². The maximum atomic E-state index is 11.5. The van der Waals surface area contributed by atoms with Gasteiger partial charge in [0.1, 0.15) is 0 Å². The maximum absolute atomic E-state index is 11.5. The Kier molecular flexibility index (Phi) is 5.41. The summed E-state index contributed by atoms with van der Waals surface area (Å²) in [6, 6.07) is 0. The number of likely N-dealkylation sites (tertiary alicyclic amines) is 2. The van der Waals surface area contributed by atoms with E-state index in [0.29, 0.717) is 18.4 Å². The number of carbonyl (C=O) groups excluding carboxylic acids is 1. The van der Waals surface area contributed by atoms with Gasteiger partial charge in [0.05, 0.1) is 5.41 Å². The van der Waals surface area contributed by atoms with E-state index in [4.69, 9.17) is 5.11 Å². The third-order valence-electron chi connectivity index (χ3n) is 5.06. The first-order valence-corrected chi connectivity index (χ1v) is 7.82. The van der Waals surface area contributed by atoms with Crippen LogP contribution >= 0.6 is 0 Å². The summed E-state index contributed by atoms with van der Waals surface area (Å²) in [5.74, 6) is 0.857. The summed E-state index contributed by atoms with van der Waals surface area (Å²) in [4.78, 5) is 16.1. The average Bonchev–Trinajstić information content (AvgIpc) is 3.02. The van der Waals surface area contributed by atoms with Crippen molar-refractivity contribution >= 4 is 5.91 Å². The summed E-state index contributed by atoms with van der Waals surface area (Å²) in [6.45, 7) is 5.65. The van der Waals surface area contributed by atoms with Crippen LogP contribution in [0.15, 0.2) is 0 Å². The number of piperidine rings is 1. The van der Waals surface area contributed by atoms with Gasteiger partial charge in [-0.1, -0.05) is 0 Å². The fourth-order valence-corrected chi connectivity index (χ4v) is 3.42. The molecule has 0 bridgehead atoms. The predicted octanol–water partition coefficient (Wildman–Crippen LogP) is 0.149. The second kappa shape index (κ2) is 6.87. The summed E-state index contributed by atoms with van der Waals surface area (Å²) in [5.41, 5.74) is 0.0203. The molecule has 0 aromatic heterocycles. The van der Waals surface area contributed by atoms with Crippen LogP contribution in [0.2, 0.25) is 0 Å². The Morgan fingerprint density at radius 1 is 1.20 bits per heavy atom. The molecule has 20 heavy (non-hydrogen) atoms. The van der Waals surface area contributed by atoms with E-state index in [0.717, 1.165) is 52.0 Å². The van der Waals surface area contributed by atoms with Gasteiger partial charge in [-0.25, -0.2) is 0 Å². The van der Waals surface area contributed by atoms with Gasteiger partial charge in [0.25, 0.3) is 0 Å². The number of carbonyl (C=O) groups is 1. The number of hydrogen-bond acceptors (Lipinski definition) is 4. The molecule has 3 aliphatic heterocycles. The molecule has 1 amide bonds. The lowest BCUT2D eigenvalue weighted by atomic mass is 9.77. The van der Waals surface area contributed by atoms with E-state index in [1.165, 1.54) is 6.42 Å². The second-order valence-corrected chi connectivity index (χ2v) is 6.69. The summed E-state index contributed by atoms with van der Waals surface area (Å²) in [7, 11) is 4.22. The SMILES string of the molecule is CN1CCC2(CCNC2=O)CC1.CN1CC[C@@H](CO)C1. The summed E-state index contributed by atoms with van der Waals surface area (Å²) in [5, 5.41) is 11.6. The Balaban J connectivity index is 0.000000160. The lowest BCUT2D eigenvalue weighted by Gasteiger charge is -2.35. The van der Waals surface area contributed by atoms with Crippen LogP contribution in [0.5, 0.6) is 0 Å². The highest BCUT2D eigenvalue weighted by Crippen LogP contribution is 2.37. The van der Waals surface area contributed by atoms with Gasteiger partial charge in [-0.15, -0.1) is 0 Å². The first-order valence-electron chi connectivity index (χ1n) is 7.82. The normalized spacial score (nSPS) is 30.1. The van der Waals surface area contributed by atoms with Crippen molar-refractivity contribution in [2.24, 2.45) is 11.3 Å². The largest absolute Gasteiger partial charge is 0.396 e. The number of rotatable bonds is 1. The lowest BCUT2D eigenvalue weighted by Crippen LogP contribution is -2.42. The number of hydrogen-bond donors (Lipinski definition) is 2. The zero-order valence-electron chi connectivity index (χ0n) is 12.9. The van der Waals surface area contributed by atoms with Crippen molar-refractivity contribution in [3.63, 3.8) is 0 Å². The van der Waals surface area contributed by atoms with E-state index >= 15 is 0 Å². The van der Waals surface area contributed by atoms with E-state index in [9.17, 15) is 4.79 Å². The van der Waals surface area contributed by atoms with Crippen LogP contribution in [0.3, 0.4) is 0 Å². The molecule has 1 spiro atoms. The van der Waals surface area contributed by atoms with Gasteiger partial charge in [-0.3, -0.25) is 4.79 Å². The maximum Gasteiger partial charge on any atom is 0.226 e. The fourth-order valence-electron chi connectivity index (χ4n) is 3.42. The van der Waals surface area contributed by atoms with E-state index in [-0.39, 0.29) is 5.41 Å². The van der Waals surface area contributed by atoms with Crippen molar-refractivity contribution in [3.8, 4) is 0 Å². The summed E-state index contributed by atoms with van der Waals surface area (Å²) < 4.78 is 0. The molecule has 3 aliphatic rings. The van der Waals surface area contributed by atoms with Crippen molar-refractivity contribution in [1.29, 1.82) is 0 Å². The molecule has 1 atom stereocenters. The fraction of sp³-hybridized carbons (Fsp3) is 0.933. The van der Waals surface area contributed by atoms with E-state index in [2.05, 4.69) is 29.2 Å². The lowest BCUT2D eigenvalue weighted by molar-refractivity contribution is -0.129. The van der Waals surface area contributed by atoms with Gasteiger partial charge >= 0.3 is 0 Å². The minimum Gasteiger partial charge on any atom is -0.396 e. The standard InChI is InChI=1S/C9H16N2O.C6H13NO/c1-11-6-3-9(4-7-11)2-5-10-8(9)12;1-7-3-2-6(4-7)5-8/h2-7H2,1H3,(H,10,12);6,8H,2-5H2,1H3/t;6-/m.1/s1. The first kappa shape index (κ1) is 15.7. The first-order chi connectivity index (χ1) is 9.55. The molecule has 0 aromatic carbocycles. The summed E-state index contributed by atoms with van der Waals surface area (Å²) in [6.07, 6.45) is 4.33. The monoisotopic (exact) mass is 283 g/mol. The minimum atomic E-state index is 0.0203. The number of amides is 1.